The molecule has 0 aromatic heterocycles. The number of aliphatic carboxylic acids is 2. The number of hydrogen-bond donors (Lipinski definition) is 3. The van der Waals surface area contributed by atoms with Crippen LogP contribution in [-0.4, -0.2) is 58.6 Å². The largest absolute Gasteiger partial charge is 0.480 e. The molecule has 1 atom stereocenters. The second kappa shape index (κ2) is 5.45. The molecule has 0 bridgehead atoms. The molecule has 1 saturated heterocycles. The van der Waals surface area contributed by atoms with Crippen molar-refractivity contribution in [3.63, 3.8) is 0 Å². The lowest BCUT2D eigenvalue weighted by molar-refractivity contribution is -0.150. The predicted molar refractivity (Wildman–Crippen MR) is 52.9 cm³/mol. The van der Waals surface area contributed by atoms with Crippen LogP contribution in [0.25, 0.3) is 0 Å². The number of carboxylic acids is 2. The normalized spacial score (nSPS) is 19.4. The molecule has 1 fully saturated rings. The molecule has 0 saturated carbocycles. The maximum Gasteiger partial charge on any atom is 0.323 e. The second-order valence-corrected chi connectivity index (χ2v) is 3.63. The molecule has 0 spiro atoms. The minimum atomic E-state index is -1.22. The van der Waals surface area contributed by atoms with E-state index in [-0.39, 0.29) is 0 Å². The summed E-state index contributed by atoms with van der Waals surface area (Å²) < 4.78 is 0. The fraction of sp³-hybridized carbons (Fsp3) is 0.667. The summed E-state index contributed by atoms with van der Waals surface area (Å²) in [6, 6.07) is -0.446. The second-order valence-electron chi connectivity index (χ2n) is 3.63. The molecular formula is C9H14N2O5. The van der Waals surface area contributed by atoms with E-state index >= 15 is 0 Å². The molecule has 0 aliphatic carbocycles. The van der Waals surface area contributed by atoms with Crippen molar-refractivity contribution in [2.24, 2.45) is 0 Å². The lowest BCUT2D eigenvalue weighted by Gasteiger charge is -2.22. The maximum absolute atomic E-state index is 11.8. The van der Waals surface area contributed by atoms with Crippen molar-refractivity contribution < 1.29 is 24.6 Å². The number of rotatable bonds is 5. The molecule has 0 aromatic carbocycles. The van der Waals surface area contributed by atoms with Gasteiger partial charge in [0.1, 0.15) is 13.1 Å². The summed E-state index contributed by atoms with van der Waals surface area (Å²) in [5, 5.41) is 20.1. The molecular weight excluding hydrogens is 216 g/mol. The van der Waals surface area contributed by atoms with Gasteiger partial charge in [0.2, 0.25) is 5.91 Å². The van der Waals surface area contributed by atoms with Crippen LogP contribution in [0.15, 0.2) is 0 Å². The minimum absolute atomic E-state index is 0.446. The Hall–Kier alpha value is -1.63. The molecule has 16 heavy (non-hydrogen) atoms. The van der Waals surface area contributed by atoms with Crippen LogP contribution in [0.4, 0.5) is 0 Å². The molecule has 0 radical (unpaired) electrons. The van der Waals surface area contributed by atoms with Crippen LogP contribution in [-0.2, 0) is 14.4 Å². The van der Waals surface area contributed by atoms with Crippen LogP contribution in [0.5, 0.6) is 0 Å². The average Bonchev–Trinajstić information content (AvgIpc) is 2.66. The number of nitrogens with one attached hydrogen (secondary N) is 1. The molecule has 1 heterocycles. The minimum Gasteiger partial charge on any atom is -0.480 e. The first-order chi connectivity index (χ1) is 7.50. The van der Waals surface area contributed by atoms with Crippen LogP contribution in [0.3, 0.4) is 0 Å². The molecule has 0 unspecified atom stereocenters. The smallest absolute Gasteiger partial charge is 0.323 e. The molecule has 1 aliphatic rings. The molecule has 0 aromatic rings. The number of nitrogens with zero attached hydrogens (tertiary/aromatic N) is 1. The monoisotopic (exact) mass is 230 g/mol. The van der Waals surface area contributed by atoms with Crippen molar-refractivity contribution in [1.82, 2.24) is 10.2 Å². The van der Waals surface area contributed by atoms with E-state index in [0.29, 0.717) is 13.0 Å². The quantitative estimate of drug-likeness (QED) is 0.544. The fourth-order valence-corrected chi connectivity index (χ4v) is 1.65. The lowest BCUT2D eigenvalue weighted by atomic mass is 10.2. The standard InChI is InChI=1S/C9H14N2O5/c12-7(13)4-11(5-8(14)15)9(16)6-2-1-3-10-6/h6,10H,1-5H2,(H,12,13)(H,14,15)/t6-/m0/s1. The van der Waals surface area contributed by atoms with E-state index in [1.807, 2.05) is 0 Å². The summed E-state index contributed by atoms with van der Waals surface area (Å²) in [5.41, 5.74) is 0. The summed E-state index contributed by atoms with van der Waals surface area (Å²) in [6.45, 7) is -0.461. The van der Waals surface area contributed by atoms with Crippen LogP contribution in [0, 0.1) is 0 Å². The van der Waals surface area contributed by atoms with E-state index in [1.54, 1.807) is 0 Å². The van der Waals surface area contributed by atoms with E-state index in [9.17, 15) is 14.4 Å². The Morgan fingerprint density at radius 2 is 1.75 bits per heavy atom. The van der Waals surface area contributed by atoms with Gasteiger partial charge in [-0.2, -0.15) is 0 Å². The first kappa shape index (κ1) is 12.4. The zero-order chi connectivity index (χ0) is 12.1. The highest BCUT2D eigenvalue weighted by Crippen LogP contribution is 2.08. The Morgan fingerprint density at radius 3 is 2.12 bits per heavy atom. The average molecular weight is 230 g/mol. The van der Waals surface area contributed by atoms with Crippen LogP contribution in [0.2, 0.25) is 0 Å². The Labute approximate surface area is 92.0 Å². The molecule has 1 amide bonds. The molecule has 7 nitrogen and oxygen atoms in total. The van der Waals surface area contributed by atoms with Crippen LogP contribution >= 0.6 is 0 Å². The Bertz CT molecular complexity index is 282. The van der Waals surface area contributed by atoms with Gasteiger partial charge < -0.3 is 20.4 Å². The van der Waals surface area contributed by atoms with Gasteiger partial charge in [-0.1, -0.05) is 0 Å². The number of carboxylic acid groups (broad SMARTS) is 2. The Morgan fingerprint density at radius 1 is 1.19 bits per heavy atom. The third kappa shape index (κ3) is 3.50. The SMILES string of the molecule is O=C(O)CN(CC(=O)O)C(=O)[C@@H]1CCCN1. The van der Waals surface area contributed by atoms with Gasteiger partial charge >= 0.3 is 11.9 Å². The van der Waals surface area contributed by atoms with Crippen molar-refractivity contribution in [1.29, 1.82) is 0 Å². The fourth-order valence-electron chi connectivity index (χ4n) is 1.65. The number of carbonyl (C=O) groups excluding carboxylic acids is 1. The van der Waals surface area contributed by atoms with Crippen LogP contribution in [0.1, 0.15) is 12.8 Å². The first-order valence-electron chi connectivity index (χ1n) is 4.96. The third-order valence-electron chi connectivity index (χ3n) is 2.32. The zero-order valence-corrected chi connectivity index (χ0v) is 8.68. The summed E-state index contributed by atoms with van der Waals surface area (Å²) in [7, 11) is 0. The topological polar surface area (TPSA) is 107 Å². The zero-order valence-electron chi connectivity index (χ0n) is 8.68. The van der Waals surface area contributed by atoms with Crippen molar-refractivity contribution in [2.75, 3.05) is 19.6 Å². The van der Waals surface area contributed by atoms with Gasteiger partial charge in [0.15, 0.2) is 0 Å². The molecule has 1 aliphatic heterocycles. The van der Waals surface area contributed by atoms with Crippen molar-refractivity contribution >= 4 is 17.8 Å². The number of amides is 1. The van der Waals surface area contributed by atoms with Gasteiger partial charge in [0.05, 0.1) is 6.04 Å². The molecule has 1 rings (SSSR count). The van der Waals surface area contributed by atoms with Gasteiger partial charge in [0.25, 0.3) is 0 Å². The molecule has 7 heteroatoms. The Balaban J connectivity index is 2.62. The van der Waals surface area contributed by atoms with E-state index < -0.39 is 37.0 Å². The summed E-state index contributed by atoms with van der Waals surface area (Å²) in [4.78, 5) is 33.6. The van der Waals surface area contributed by atoms with Gasteiger partial charge in [-0.15, -0.1) is 0 Å². The summed E-state index contributed by atoms with van der Waals surface area (Å²) in [5.74, 6) is -2.89. The van der Waals surface area contributed by atoms with E-state index in [2.05, 4.69) is 5.32 Å². The lowest BCUT2D eigenvalue weighted by Crippen LogP contribution is -2.47. The van der Waals surface area contributed by atoms with Crippen LogP contribution < -0.4 is 5.32 Å². The number of carbonyl (C=O) groups is 3. The highest BCUT2D eigenvalue weighted by atomic mass is 16.4. The molecule has 3 N–H and O–H groups in total. The van der Waals surface area contributed by atoms with E-state index in [0.717, 1.165) is 11.3 Å². The van der Waals surface area contributed by atoms with Gasteiger partial charge in [0, 0.05) is 0 Å². The summed E-state index contributed by atoms with van der Waals surface area (Å²) in [6.07, 6.45) is 1.46. The third-order valence-corrected chi connectivity index (χ3v) is 2.32. The van der Waals surface area contributed by atoms with Gasteiger partial charge in [-0.05, 0) is 19.4 Å². The van der Waals surface area contributed by atoms with Crippen molar-refractivity contribution in [3.05, 3.63) is 0 Å². The molecule has 90 valence electrons. The first-order valence-corrected chi connectivity index (χ1v) is 4.96. The highest BCUT2D eigenvalue weighted by molar-refractivity contribution is 5.88. The number of hydrogen-bond acceptors (Lipinski definition) is 4. The van der Waals surface area contributed by atoms with E-state index in [4.69, 9.17) is 10.2 Å². The summed E-state index contributed by atoms with van der Waals surface area (Å²) >= 11 is 0. The van der Waals surface area contributed by atoms with Crippen molar-refractivity contribution in [3.8, 4) is 0 Å². The van der Waals surface area contributed by atoms with Gasteiger partial charge in [-0.25, -0.2) is 0 Å². The van der Waals surface area contributed by atoms with Gasteiger partial charge in [-0.3, -0.25) is 14.4 Å². The maximum atomic E-state index is 11.8. The van der Waals surface area contributed by atoms with E-state index in [1.165, 1.54) is 0 Å². The Kier molecular flexibility index (Phi) is 4.24. The van der Waals surface area contributed by atoms with Crippen molar-refractivity contribution in [2.45, 2.75) is 18.9 Å². The highest BCUT2D eigenvalue weighted by Gasteiger charge is 2.29. The predicted octanol–water partition coefficient (Wildman–Crippen LogP) is -1.26.